The molecule has 0 atom stereocenters. The number of hydrazone groups is 1. The van der Waals surface area contributed by atoms with Crippen LogP contribution in [0, 0.1) is 11.6 Å². The average molecular weight is 455 g/mol. The highest BCUT2D eigenvalue weighted by Gasteiger charge is 2.20. The summed E-state index contributed by atoms with van der Waals surface area (Å²) in [4.78, 5) is 7.46. The number of fused-ring (bicyclic) bond motifs is 2. The lowest BCUT2D eigenvalue weighted by Crippen LogP contribution is -2.22. The molecule has 7 nitrogen and oxygen atoms in total. The molecular weight excluding hydrogens is 436 g/mol. The van der Waals surface area contributed by atoms with Gasteiger partial charge in [-0.15, -0.1) is 0 Å². The lowest BCUT2D eigenvalue weighted by molar-refractivity contribution is 0.261. The van der Waals surface area contributed by atoms with Crippen LogP contribution in [0.5, 0.6) is 0 Å². The lowest BCUT2D eigenvalue weighted by Gasteiger charge is -2.20. The molecular formula is C25H19F2N7. The van der Waals surface area contributed by atoms with Gasteiger partial charge in [0.05, 0.1) is 41.9 Å². The Morgan fingerprint density at radius 2 is 1.94 bits per heavy atom. The maximum atomic E-state index is 14.2. The number of hydrogen-bond donors (Lipinski definition) is 1. The summed E-state index contributed by atoms with van der Waals surface area (Å²) in [5.74, 6) is -1.56. The van der Waals surface area contributed by atoms with E-state index in [1.165, 1.54) is 12.1 Å². The van der Waals surface area contributed by atoms with Crippen LogP contribution in [0.15, 0.2) is 65.9 Å². The van der Waals surface area contributed by atoms with Crippen molar-refractivity contribution in [2.75, 3.05) is 0 Å². The quantitative estimate of drug-likeness (QED) is 0.428. The predicted molar refractivity (Wildman–Crippen MR) is 125 cm³/mol. The predicted octanol–water partition coefficient (Wildman–Crippen LogP) is 4.65. The normalized spacial score (nSPS) is 13.0. The zero-order valence-corrected chi connectivity index (χ0v) is 18.2. The van der Waals surface area contributed by atoms with Crippen LogP contribution in [0.25, 0.3) is 33.5 Å². The summed E-state index contributed by atoms with van der Waals surface area (Å²) >= 11 is 0. The number of H-pyrrole nitrogens is 1. The molecule has 168 valence electrons. The first kappa shape index (κ1) is 20.2. The SMILES string of the molecule is Cn1ccc2cc(-c3ccc(CN4Cc5[nH]c(-c6cccc(F)c6F)nc5C=N4)nn3)ccc21. The van der Waals surface area contributed by atoms with Crippen LogP contribution in [-0.2, 0) is 20.1 Å². The second-order valence-electron chi connectivity index (χ2n) is 8.23. The van der Waals surface area contributed by atoms with Crippen molar-refractivity contribution in [3.05, 3.63) is 89.5 Å². The van der Waals surface area contributed by atoms with E-state index >= 15 is 0 Å². The van der Waals surface area contributed by atoms with Crippen LogP contribution in [0.3, 0.4) is 0 Å². The average Bonchev–Trinajstić information content (AvgIpc) is 3.44. The molecule has 9 heteroatoms. The minimum atomic E-state index is -0.927. The van der Waals surface area contributed by atoms with Gasteiger partial charge < -0.3 is 9.55 Å². The highest BCUT2D eigenvalue weighted by atomic mass is 19.2. The van der Waals surface area contributed by atoms with Crippen molar-refractivity contribution < 1.29 is 8.78 Å². The van der Waals surface area contributed by atoms with E-state index in [-0.39, 0.29) is 11.4 Å². The van der Waals surface area contributed by atoms with E-state index in [0.29, 0.717) is 18.8 Å². The third-order valence-electron chi connectivity index (χ3n) is 5.95. The molecule has 6 rings (SSSR count). The molecule has 0 radical (unpaired) electrons. The van der Waals surface area contributed by atoms with Gasteiger partial charge in [0.25, 0.3) is 0 Å². The van der Waals surface area contributed by atoms with Crippen molar-refractivity contribution in [1.82, 2.24) is 29.7 Å². The van der Waals surface area contributed by atoms with Gasteiger partial charge in [-0.1, -0.05) is 12.1 Å². The Morgan fingerprint density at radius 3 is 2.79 bits per heavy atom. The third-order valence-corrected chi connectivity index (χ3v) is 5.95. The van der Waals surface area contributed by atoms with E-state index in [1.807, 2.05) is 36.5 Å². The van der Waals surface area contributed by atoms with Gasteiger partial charge >= 0.3 is 0 Å². The number of rotatable bonds is 4. The number of hydrogen-bond acceptors (Lipinski definition) is 5. The Balaban J connectivity index is 1.18. The number of aromatic nitrogens is 5. The summed E-state index contributed by atoms with van der Waals surface area (Å²) < 4.78 is 29.8. The van der Waals surface area contributed by atoms with Gasteiger partial charge in [-0.25, -0.2) is 13.8 Å². The van der Waals surface area contributed by atoms with Gasteiger partial charge in [-0.05, 0) is 42.5 Å². The minimum Gasteiger partial charge on any atom is -0.351 e. The highest BCUT2D eigenvalue weighted by molar-refractivity contribution is 5.85. The van der Waals surface area contributed by atoms with Crippen molar-refractivity contribution in [1.29, 1.82) is 0 Å². The van der Waals surface area contributed by atoms with E-state index in [2.05, 4.69) is 48.0 Å². The number of nitrogens with one attached hydrogen (secondary N) is 1. The van der Waals surface area contributed by atoms with Gasteiger partial charge in [0, 0.05) is 29.7 Å². The Kier molecular flexibility index (Phi) is 4.68. The van der Waals surface area contributed by atoms with Crippen molar-refractivity contribution in [3.8, 4) is 22.6 Å². The topological polar surface area (TPSA) is 75.0 Å². The number of benzene rings is 2. The zero-order chi connectivity index (χ0) is 23.2. The van der Waals surface area contributed by atoms with Crippen LogP contribution in [0.4, 0.5) is 8.78 Å². The molecule has 0 spiro atoms. The van der Waals surface area contributed by atoms with Crippen LogP contribution in [-0.4, -0.2) is 36.0 Å². The first-order valence-electron chi connectivity index (χ1n) is 10.8. The Hall–Kier alpha value is -4.40. The molecule has 0 amide bonds. The van der Waals surface area contributed by atoms with E-state index in [4.69, 9.17) is 0 Å². The molecule has 0 aliphatic carbocycles. The van der Waals surface area contributed by atoms with E-state index in [9.17, 15) is 8.78 Å². The van der Waals surface area contributed by atoms with Crippen molar-refractivity contribution in [2.45, 2.75) is 13.1 Å². The van der Waals surface area contributed by atoms with Crippen LogP contribution >= 0.6 is 0 Å². The molecule has 0 fully saturated rings. The monoisotopic (exact) mass is 455 g/mol. The second kappa shape index (κ2) is 7.87. The number of nitrogens with zero attached hydrogens (tertiary/aromatic N) is 6. The summed E-state index contributed by atoms with van der Waals surface area (Å²) in [5, 5.41) is 16.2. The number of aryl methyl sites for hydroxylation is 1. The Bertz CT molecular complexity index is 1550. The fourth-order valence-electron chi connectivity index (χ4n) is 4.15. The number of imidazole rings is 1. The Morgan fingerprint density at radius 1 is 1.03 bits per heavy atom. The van der Waals surface area contributed by atoms with Crippen LogP contribution in [0.2, 0.25) is 0 Å². The van der Waals surface area contributed by atoms with E-state index in [1.54, 1.807) is 6.21 Å². The van der Waals surface area contributed by atoms with Gasteiger partial charge in [-0.2, -0.15) is 15.3 Å². The second-order valence-corrected chi connectivity index (χ2v) is 8.23. The standard InChI is InChI=1S/C25H19F2N7/c1-33-10-9-16-11-15(5-8-23(16)33)20-7-6-17(31-32-20)13-34-14-22-21(12-28-34)29-25(30-22)18-3-2-4-19(26)24(18)27/h2-12H,13-14H2,1H3,(H,29,30). The van der Waals surface area contributed by atoms with Gasteiger partial charge in [0.15, 0.2) is 11.6 Å². The molecule has 1 aliphatic heterocycles. The minimum absolute atomic E-state index is 0.0875. The van der Waals surface area contributed by atoms with Crippen molar-refractivity contribution >= 4 is 17.1 Å². The molecule has 34 heavy (non-hydrogen) atoms. The van der Waals surface area contributed by atoms with E-state index in [0.717, 1.165) is 39.6 Å². The molecule has 0 saturated carbocycles. The molecule has 3 aromatic heterocycles. The summed E-state index contributed by atoms with van der Waals surface area (Å²) in [6.07, 6.45) is 3.64. The molecule has 5 aromatic rings. The first-order valence-corrected chi connectivity index (χ1v) is 10.8. The molecule has 4 heterocycles. The maximum Gasteiger partial charge on any atom is 0.169 e. The fourth-order valence-corrected chi connectivity index (χ4v) is 4.15. The zero-order valence-electron chi connectivity index (χ0n) is 18.2. The largest absolute Gasteiger partial charge is 0.351 e. The summed E-state index contributed by atoms with van der Waals surface area (Å²) in [6.45, 7) is 0.882. The lowest BCUT2D eigenvalue weighted by atomic mass is 10.1. The van der Waals surface area contributed by atoms with Crippen LogP contribution in [0.1, 0.15) is 17.1 Å². The van der Waals surface area contributed by atoms with Gasteiger partial charge in [0.1, 0.15) is 11.5 Å². The van der Waals surface area contributed by atoms with Gasteiger partial charge in [-0.3, -0.25) is 5.01 Å². The molecule has 0 saturated heterocycles. The molecule has 1 N–H and O–H groups in total. The molecule has 0 unspecified atom stereocenters. The first-order chi connectivity index (χ1) is 16.5. The van der Waals surface area contributed by atoms with E-state index < -0.39 is 11.6 Å². The summed E-state index contributed by atoms with van der Waals surface area (Å²) in [6, 6.07) is 16.2. The summed E-state index contributed by atoms with van der Waals surface area (Å²) in [7, 11) is 2.02. The van der Waals surface area contributed by atoms with Crippen LogP contribution < -0.4 is 0 Å². The highest BCUT2D eigenvalue weighted by Crippen LogP contribution is 2.26. The van der Waals surface area contributed by atoms with Gasteiger partial charge in [0.2, 0.25) is 0 Å². The maximum absolute atomic E-state index is 14.2. The third kappa shape index (κ3) is 3.51. The number of halogens is 2. The summed E-state index contributed by atoms with van der Waals surface area (Å²) in [5.41, 5.74) is 5.20. The smallest absolute Gasteiger partial charge is 0.169 e. The molecule has 0 bridgehead atoms. The molecule has 2 aromatic carbocycles. The molecule has 1 aliphatic rings. The Labute approximate surface area is 193 Å². The van der Waals surface area contributed by atoms with Crippen molar-refractivity contribution in [2.24, 2.45) is 12.1 Å². The van der Waals surface area contributed by atoms with Crippen molar-refractivity contribution in [3.63, 3.8) is 0 Å². The number of aromatic amines is 1. The fraction of sp³-hybridized carbons (Fsp3) is 0.120.